The summed E-state index contributed by atoms with van der Waals surface area (Å²) in [6, 6.07) is 13.8. The van der Waals surface area contributed by atoms with Gasteiger partial charge in [0, 0.05) is 23.2 Å². The van der Waals surface area contributed by atoms with E-state index in [1.54, 1.807) is 6.20 Å². The molecule has 0 spiro atoms. The number of rotatable bonds is 7. The van der Waals surface area contributed by atoms with Crippen LogP contribution in [0.5, 0.6) is 0 Å². The summed E-state index contributed by atoms with van der Waals surface area (Å²) in [7, 11) is 1.95. The van der Waals surface area contributed by atoms with E-state index in [4.69, 9.17) is 10.7 Å². The highest BCUT2D eigenvalue weighted by atomic mass is 16.4. The molecule has 6 rings (SSSR count). The number of aromatic amines is 1. The Bertz CT molecular complexity index is 1430. The van der Waals surface area contributed by atoms with Gasteiger partial charge < -0.3 is 15.6 Å². The molecule has 8 heteroatoms. The van der Waals surface area contributed by atoms with E-state index in [-0.39, 0.29) is 0 Å². The Balaban J connectivity index is 1.26. The lowest BCUT2D eigenvalue weighted by atomic mass is 9.91. The molecule has 2 fully saturated rings. The van der Waals surface area contributed by atoms with E-state index in [0.29, 0.717) is 30.0 Å². The third kappa shape index (κ3) is 3.80. The molecular weight excluding hydrogens is 440 g/mol. The minimum atomic E-state index is -1.05. The molecule has 0 amide bonds. The zero-order valence-corrected chi connectivity index (χ0v) is 19.4. The van der Waals surface area contributed by atoms with Crippen LogP contribution in [0.2, 0.25) is 0 Å². The number of carboxylic acids is 1. The molecule has 4 N–H and O–H groups in total. The Hall–Kier alpha value is -4.20. The van der Waals surface area contributed by atoms with E-state index in [2.05, 4.69) is 27.5 Å². The number of anilines is 3. The van der Waals surface area contributed by atoms with Crippen molar-refractivity contribution in [2.75, 3.05) is 11.1 Å². The molecule has 4 aromatic rings. The molecule has 2 aliphatic carbocycles. The molecule has 35 heavy (non-hydrogen) atoms. The number of nitrogens with one attached hydrogen (secondary N) is 2. The van der Waals surface area contributed by atoms with Gasteiger partial charge in [-0.3, -0.25) is 4.98 Å². The predicted octanol–water partition coefficient (Wildman–Crippen LogP) is 2.95. The first-order valence-corrected chi connectivity index (χ1v) is 11.8. The maximum absolute atomic E-state index is 11.6. The van der Waals surface area contributed by atoms with Crippen molar-refractivity contribution in [1.82, 2.24) is 15.1 Å². The van der Waals surface area contributed by atoms with Gasteiger partial charge in [0.05, 0.1) is 29.6 Å². The Morgan fingerprint density at radius 3 is 2.49 bits per heavy atom. The van der Waals surface area contributed by atoms with E-state index < -0.39 is 11.4 Å². The minimum absolute atomic E-state index is 0.493. The second-order valence-electron chi connectivity index (χ2n) is 9.57. The van der Waals surface area contributed by atoms with Gasteiger partial charge in [-0.25, -0.2) is 15.4 Å². The van der Waals surface area contributed by atoms with Gasteiger partial charge in [-0.05, 0) is 54.0 Å². The summed E-state index contributed by atoms with van der Waals surface area (Å²) in [6.45, 7) is 0. The summed E-state index contributed by atoms with van der Waals surface area (Å²) >= 11 is 0. The number of hydrogen-bond acceptors (Lipinski definition) is 6. The molecule has 8 nitrogen and oxygen atoms in total. The third-order valence-corrected chi connectivity index (χ3v) is 7.13. The predicted molar refractivity (Wildman–Crippen MR) is 130 cm³/mol. The number of H-pyrrole nitrogens is 1. The smallest absolute Gasteiger partial charge is 0.308 e. The fraction of sp³-hybridized carbons (Fsp3) is 0.259. The number of carboxylic acid groups (broad SMARTS) is 1. The summed E-state index contributed by atoms with van der Waals surface area (Å²) in [6.07, 6.45) is 9.06. The van der Waals surface area contributed by atoms with Crippen molar-refractivity contribution in [2.45, 2.75) is 37.0 Å². The molecule has 2 saturated carbocycles. The molecule has 2 aliphatic rings. The summed E-state index contributed by atoms with van der Waals surface area (Å²) in [5.74, 6) is 1.11. The van der Waals surface area contributed by atoms with Crippen molar-refractivity contribution in [3.8, 4) is 22.3 Å². The van der Waals surface area contributed by atoms with Crippen LogP contribution in [-0.2, 0) is 17.3 Å². The molecule has 2 aromatic carbocycles. The highest BCUT2D eigenvalue weighted by Crippen LogP contribution is 2.50. The number of benzene rings is 2. The van der Waals surface area contributed by atoms with E-state index in [0.717, 1.165) is 39.6 Å². The number of nitrogen functional groups attached to an aromatic ring is 1. The maximum Gasteiger partial charge on any atom is 0.308 e. The number of nitrogens with zero attached hydrogens (tertiary/aromatic N) is 3. The van der Waals surface area contributed by atoms with E-state index >= 15 is 0 Å². The molecule has 2 aromatic heterocycles. The third-order valence-electron chi connectivity index (χ3n) is 7.13. The van der Waals surface area contributed by atoms with E-state index in [1.165, 1.54) is 12.8 Å². The lowest BCUT2D eigenvalue weighted by Gasteiger charge is -2.19. The first kappa shape index (κ1) is 21.3. The standard InChI is InChI=1S/C27H26N6O2/c1-33-25(32-24-15-29-14-23(31-24)18-6-7-18)20(13-30-33)17-4-2-16(3-5-17)19-8-9-21(22(28)12-19)27(10-11-27)26(34)35/h2-5,8-9,12-15,18H,6-7,10-11,28H2,1H3,(H2,30,31,32,34,35). The Morgan fingerprint density at radius 2 is 1.83 bits per heavy atom. The van der Waals surface area contributed by atoms with Crippen LogP contribution >= 0.6 is 0 Å². The second kappa shape index (κ2) is 7.94. The number of aryl methyl sites for hydroxylation is 1. The van der Waals surface area contributed by atoms with Gasteiger partial charge in [-0.15, -0.1) is 0 Å². The van der Waals surface area contributed by atoms with Gasteiger partial charge >= 0.3 is 5.82 Å². The number of hydrogen-bond donors (Lipinski definition) is 3. The van der Waals surface area contributed by atoms with Crippen LogP contribution in [0.4, 0.5) is 17.3 Å². The van der Waals surface area contributed by atoms with Crippen molar-refractivity contribution in [3.05, 3.63) is 72.3 Å². The second-order valence-corrected chi connectivity index (χ2v) is 9.57. The van der Waals surface area contributed by atoms with Crippen LogP contribution in [0.1, 0.15) is 42.9 Å². The highest BCUT2D eigenvalue weighted by molar-refractivity contribution is 5.87. The normalized spacial score (nSPS) is 16.1. The molecular formula is C27H26N6O2. The van der Waals surface area contributed by atoms with Crippen molar-refractivity contribution in [2.24, 2.45) is 7.05 Å². The Labute approximate surface area is 202 Å². The van der Waals surface area contributed by atoms with E-state index in [9.17, 15) is 9.90 Å². The number of carbonyl (C=O) groups is 1. The van der Waals surface area contributed by atoms with E-state index in [1.807, 2.05) is 54.5 Å². The van der Waals surface area contributed by atoms with Crippen LogP contribution in [0.25, 0.3) is 22.3 Å². The fourth-order valence-electron chi connectivity index (χ4n) is 4.71. The summed E-state index contributed by atoms with van der Waals surface area (Å²) in [5.41, 5.74) is 11.5. The number of nitrogens with two attached hydrogens (primary N) is 1. The van der Waals surface area contributed by atoms with Gasteiger partial charge in [-0.1, -0.05) is 36.4 Å². The van der Waals surface area contributed by atoms with Crippen LogP contribution in [0.15, 0.2) is 61.1 Å². The monoisotopic (exact) mass is 466 g/mol. The lowest BCUT2D eigenvalue weighted by Crippen LogP contribution is -2.36. The average molecular weight is 467 g/mol. The highest BCUT2D eigenvalue weighted by Gasteiger charge is 2.47. The number of aromatic nitrogens is 4. The van der Waals surface area contributed by atoms with Crippen LogP contribution in [0.3, 0.4) is 0 Å². The van der Waals surface area contributed by atoms with Crippen molar-refractivity contribution < 1.29 is 14.6 Å². The molecule has 2 heterocycles. The summed E-state index contributed by atoms with van der Waals surface area (Å²) in [4.78, 5) is 20.7. The van der Waals surface area contributed by atoms with Crippen molar-refractivity contribution in [1.29, 1.82) is 0 Å². The largest absolute Gasteiger partial charge is 0.549 e. The van der Waals surface area contributed by atoms with Crippen LogP contribution < -0.4 is 20.8 Å². The van der Waals surface area contributed by atoms with Gasteiger partial charge in [0.2, 0.25) is 5.82 Å². The average Bonchev–Trinajstić information content (AvgIpc) is 3.78. The first-order chi connectivity index (χ1) is 16.9. The van der Waals surface area contributed by atoms with Crippen LogP contribution in [0, 0.1) is 0 Å². The van der Waals surface area contributed by atoms with Crippen molar-refractivity contribution in [3.63, 3.8) is 0 Å². The Morgan fingerprint density at radius 1 is 1.11 bits per heavy atom. The quantitative estimate of drug-likeness (QED) is 0.284. The SMILES string of the molecule is C[n+]1[nH]cc(-c2ccc(-c3ccc(C4(C(=O)[O-])CC4)c(N)c3)cc2)c1Nc1cncc(C2CC2)n1. The number of carbonyl (C=O) groups excluding carboxylic acids is 1. The zero-order chi connectivity index (χ0) is 24.2. The minimum Gasteiger partial charge on any atom is -0.549 e. The number of aliphatic carboxylic acids is 1. The molecule has 0 aliphatic heterocycles. The zero-order valence-electron chi connectivity index (χ0n) is 19.4. The topological polar surface area (TPSA) is 124 Å². The Kier molecular flexibility index (Phi) is 4.84. The fourth-order valence-corrected chi connectivity index (χ4v) is 4.71. The summed E-state index contributed by atoms with van der Waals surface area (Å²) in [5, 5.41) is 18.2. The van der Waals surface area contributed by atoms with Gasteiger partial charge in [-0.2, -0.15) is 4.68 Å². The molecule has 0 radical (unpaired) electrons. The van der Waals surface area contributed by atoms with Gasteiger partial charge in [0.15, 0.2) is 0 Å². The molecule has 0 atom stereocenters. The summed E-state index contributed by atoms with van der Waals surface area (Å²) < 4.78 is 1.92. The molecule has 0 unspecified atom stereocenters. The molecule has 0 bridgehead atoms. The maximum atomic E-state index is 11.6. The molecule has 176 valence electrons. The molecule has 0 saturated heterocycles. The first-order valence-electron chi connectivity index (χ1n) is 11.8. The van der Waals surface area contributed by atoms with Crippen molar-refractivity contribution >= 4 is 23.3 Å². The lowest BCUT2D eigenvalue weighted by molar-refractivity contribution is -0.713. The van der Waals surface area contributed by atoms with Gasteiger partial charge in [0.25, 0.3) is 0 Å². The van der Waals surface area contributed by atoms with Crippen LogP contribution in [-0.4, -0.2) is 21.0 Å². The van der Waals surface area contributed by atoms with Gasteiger partial charge in [0.1, 0.15) is 7.05 Å².